The largest absolute Gasteiger partial charge is 0.493 e. The Bertz CT molecular complexity index is 949. The number of aromatic amines is 1. The number of benzene rings is 1. The van der Waals surface area contributed by atoms with Crippen molar-refractivity contribution in [2.75, 3.05) is 0 Å². The molecule has 1 heterocycles. The van der Waals surface area contributed by atoms with Crippen LogP contribution in [-0.2, 0) is 4.79 Å². The molecule has 0 fully saturated rings. The maximum atomic E-state index is 13.9. The highest BCUT2D eigenvalue weighted by Crippen LogP contribution is 2.17. The molecule has 2 aromatic rings. The van der Waals surface area contributed by atoms with Gasteiger partial charge in [0, 0.05) is 6.42 Å². The highest BCUT2D eigenvalue weighted by Gasteiger charge is 2.16. The van der Waals surface area contributed by atoms with Crippen molar-refractivity contribution in [3.05, 3.63) is 56.5 Å². The van der Waals surface area contributed by atoms with E-state index in [9.17, 15) is 23.9 Å². The maximum Gasteiger partial charge on any atom is 0.335 e. The number of nitrogens with one attached hydrogen (secondary N) is 2. The van der Waals surface area contributed by atoms with Crippen LogP contribution in [0.2, 0.25) is 0 Å². The number of nitrogens with zero attached hydrogens (tertiary/aromatic N) is 2. The average molecular weight is 376 g/mol. The Kier molecular flexibility index (Phi) is 7.04. The molecule has 0 bridgehead atoms. The Hall–Kier alpha value is -3.23. The van der Waals surface area contributed by atoms with Gasteiger partial charge < -0.3 is 5.11 Å². The Morgan fingerprint density at radius 1 is 1.30 bits per heavy atom. The Morgan fingerprint density at radius 3 is 2.74 bits per heavy atom. The van der Waals surface area contributed by atoms with Crippen LogP contribution in [0.4, 0.5) is 4.39 Å². The third-order valence-electron chi connectivity index (χ3n) is 3.85. The summed E-state index contributed by atoms with van der Waals surface area (Å²) in [6.45, 7) is 2.06. The fourth-order valence-electron chi connectivity index (χ4n) is 2.45. The zero-order chi connectivity index (χ0) is 19.8. The zero-order valence-corrected chi connectivity index (χ0v) is 14.9. The van der Waals surface area contributed by atoms with Crippen LogP contribution in [0.25, 0.3) is 5.69 Å². The fraction of sp³-hybridized carbons (Fsp3) is 0.333. The molecule has 1 aromatic carbocycles. The number of unbranched alkanes of at least 4 members (excludes halogenated alkanes) is 3. The van der Waals surface area contributed by atoms with Gasteiger partial charge in [0.1, 0.15) is 11.4 Å². The number of hydrogen-bond acceptors (Lipinski definition) is 5. The first-order valence-corrected chi connectivity index (χ1v) is 8.60. The van der Waals surface area contributed by atoms with Gasteiger partial charge in [-0.25, -0.2) is 19.2 Å². The van der Waals surface area contributed by atoms with E-state index in [-0.39, 0.29) is 23.6 Å². The second kappa shape index (κ2) is 9.46. The summed E-state index contributed by atoms with van der Waals surface area (Å²) in [4.78, 5) is 37.6. The molecule has 0 aliphatic carbocycles. The van der Waals surface area contributed by atoms with E-state index in [2.05, 4.69) is 17.5 Å². The number of aromatic nitrogens is 2. The quantitative estimate of drug-likeness (QED) is 0.370. The predicted molar refractivity (Wildman–Crippen MR) is 98.8 cm³/mol. The van der Waals surface area contributed by atoms with Crippen LogP contribution >= 0.6 is 0 Å². The number of carbonyl (C=O) groups excluding carboxylic acids is 1. The molecule has 27 heavy (non-hydrogen) atoms. The molecule has 8 nitrogen and oxygen atoms in total. The van der Waals surface area contributed by atoms with Crippen molar-refractivity contribution in [3.8, 4) is 11.6 Å². The normalized spacial score (nSPS) is 11.0. The molecular weight excluding hydrogens is 355 g/mol. The molecule has 2 rings (SSSR count). The molecule has 0 radical (unpaired) electrons. The number of rotatable bonds is 8. The minimum atomic E-state index is -1.00. The molecule has 0 unspecified atom stereocenters. The van der Waals surface area contributed by atoms with Crippen molar-refractivity contribution in [3.63, 3.8) is 0 Å². The van der Waals surface area contributed by atoms with E-state index in [0.29, 0.717) is 4.57 Å². The molecule has 0 aliphatic rings. The van der Waals surface area contributed by atoms with E-state index < -0.39 is 22.9 Å². The van der Waals surface area contributed by atoms with Gasteiger partial charge in [0.25, 0.3) is 5.56 Å². The summed E-state index contributed by atoms with van der Waals surface area (Å²) in [5.41, 5.74) is -0.274. The van der Waals surface area contributed by atoms with Crippen LogP contribution in [0.5, 0.6) is 5.88 Å². The van der Waals surface area contributed by atoms with Gasteiger partial charge in [0.15, 0.2) is 0 Å². The third-order valence-corrected chi connectivity index (χ3v) is 3.85. The smallest absolute Gasteiger partial charge is 0.335 e. The van der Waals surface area contributed by atoms with E-state index in [1.165, 1.54) is 18.2 Å². The monoisotopic (exact) mass is 376 g/mol. The number of carbonyl (C=O) groups is 1. The van der Waals surface area contributed by atoms with Crippen molar-refractivity contribution in [2.24, 2.45) is 5.10 Å². The summed E-state index contributed by atoms with van der Waals surface area (Å²) in [6.07, 6.45) is 4.95. The number of aromatic hydroxyl groups is 1. The molecule has 0 aliphatic heterocycles. The summed E-state index contributed by atoms with van der Waals surface area (Å²) in [6, 6.07) is 5.28. The molecule has 1 amide bonds. The molecular formula is C18H21FN4O4. The van der Waals surface area contributed by atoms with Crippen molar-refractivity contribution in [2.45, 2.75) is 39.0 Å². The van der Waals surface area contributed by atoms with Crippen LogP contribution in [-0.4, -0.2) is 26.8 Å². The van der Waals surface area contributed by atoms with E-state index in [1.54, 1.807) is 0 Å². The van der Waals surface area contributed by atoms with E-state index in [4.69, 9.17) is 0 Å². The lowest BCUT2D eigenvalue weighted by molar-refractivity contribution is -0.121. The number of hydrogen-bond donors (Lipinski definition) is 3. The second-order valence-electron chi connectivity index (χ2n) is 5.89. The molecule has 1 aromatic heterocycles. The summed E-state index contributed by atoms with van der Waals surface area (Å²) >= 11 is 0. The molecule has 0 saturated heterocycles. The molecule has 0 saturated carbocycles. The summed E-state index contributed by atoms with van der Waals surface area (Å²) < 4.78 is 14.6. The van der Waals surface area contributed by atoms with Gasteiger partial charge in [0.2, 0.25) is 11.8 Å². The lowest BCUT2D eigenvalue weighted by Gasteiger charge is -2.10. The highest BCUT2D eigenvalue weighted by atomic mass is 19.1. The first kappa shape index (κ1) is 20.1. The lowest BCUT2D eigenvalue weighted by Crippen LogP contribution is -2.32. The van der Waals surface area contributed by atoms with Crippen LogP contribution < -0.4 is 16.7 Å². The summed E-state index contributed by atoms with van der Waals surface area (Å²) in [5.74, 6) is -1.87. The maximum absolute atomic E-state index is 13.9. The van der Waals surface area contributed by atoms with Crippen LogP contribution in [0.3, 0.4) is 0 Å². The van der Waals surface area contributed by atoms with Gasteiger partial charge in [-0.3, -0.25) is 14.6 Å². The lowest BCUT2D eigenvalue weighted by atomic mass is 10.1. The average Bonchev–Trinajstić information content (AvgIpc) is 2.63. The van der Waals surface area contributed by atoms with E-state index in [1.807, 2.05) is 4.98 Å². The molecule has 144 valence electrons. The van der Waals surface area contributed by atoms with Crippen molar-refractivity contribution >= 4 is 12.1 Å². The molecule has 0 atom stereocenters. The number of halogens is 1. The van der Waals surface area contributed by atoms with Gasteiger partial charge in [-0.15, -0.1) is 0 Å². The molecule has 0 spiro atoms. The first-order valence-electron chi connectivity index (χ1n) is 8.60. The minimum absolute atomic E-state index is 0.231. The van der Waals surface area contributed by atoms with Gasteiger partial charge in [-0.2, -0.15) is 5.10 Å². The number of amides is 1. The number of hydrazone groups is 1. The minimum Gasteiger partial charge on any atom is -0.493 e. The van der Waals surface area contributed by atoms with Gasteiger partial charge >= 0.3 is 5.69 Å². The van der Waals surface area contributed by atoms with Gasteiger partial charge in [-0.1, -0.05) is 38.3 Å². The summed E-state index contributed by atoms with van der Waals surface area (Å²) in [5, 5.41) is 13.9. The van der Waals surface area contributed by atoms with Crippen LogP contribution in [0, 0.1) is 5.82 Å². The summed E-state index contributed by atoms with van der Waals surface area (Å²) in [7, 11) is 0. The SMILES string of the molecule is CCCCCCC(=O)N/N=C/c1c(O)n(-c2ccccc2F)c(=O)[nH]c1=O. The Morgan fingerprint density at radius 2 is 2.04 bits per heavy atom. The van der Waals surface area contributed by atoms with Crippen LogP contribution in [0.1, 0.15) is 44.6 Å². The highest BCUT2D eigenvalue weighted by molar-refractivity contribution is 5.84. The topological polar surface area (TPSA) is 117 Å². The van der Waals surface area contributed by atoms with Gasteiger partial charge in [-0.05, 0) is 18.6 Å². The van der Waals surface area contributed by atoms with E-state index in [0.717, 1.165) is 38.0 Å². The Balaban J connectivity index is 2.22. The van der Waals surface area contributed by atoms with Crippen molar-refractivity contribution < 1.29 is 14.3 Å². The van der Waals surface area contributed by atoms with Crippen molar-refractivity contribution in [1.82, 2.24) is 15.0 Å². The fourth-order valence-corrected chi connectivity index (χ4v) is 2.45. The zero-order valence-electron chi connectivity index (χ0n) is 14.9. The van der Waals surface area contributed by atoms with Crippen LogP contribution in [0.15, 0.2) is 39.0 Å². The van der Waals surface area contributed by atoms with Crippen molar-refractivity contribution in [1.29, 1.82) is 0 Å². The van der Waals surface area contributed by atoms with Gasteiger partial charge in [0.05, 0.1) is 11.9 Å². The first-order chi connectivity index (χ1) is 13.0. The number of H-pyrrole nitrogens is 1. The predicted octanol–water partition coefficient (Wildman–Crippen LogP) is 1.79. The molecule has 3 N–H and O–H groups in total. The molecule has 9 heteroatoms. The number of para-hydroxylation sites is 1. The standard InChI is InChI=1S/C18H21FN4O4/c1-2-3-4-5-10-15(24)22-20-11-12-16(25)21-18(27)23(17(12)26)14-9-7-6-8-13(14)19/h6-9,11,26H,2-5,10H2,1H3,(H,22,24)(H,21,25,27)/b20-11+. The van der Waals surface area contributed by atoms with E-state index >= 15 is 0 Å². The Labute approximate surface area is 154 Å². The second-order valence-corrected chi connectivity index (χ2v) is 5.89. The third kappa shape index (κ3) is 5.13.